The molecule has 0 N–H and O–H groups in total. The van der Waals surface area contributed by atoms with Crippen LogP contribution in [-0.4, -0.2) is 9.97 Å². The van der Waals surface area contributed by atoms with Crippen LogP contribution in [0.2, 0.25) is 0 Å². The van der Waals surface area contributed by atoms with Crippen LogP contribution >= 0.6 is 0 Å². The molecule has 13 heavy (non-hydrogen) atoms. The lowest BCUT2D eigenvalue weighted by Gasteiger charge is -2.01. The van der Waals surface area contributed by atoms with Gasteiger partial charge in [-0.1, -0.05) is 12.5 Å². The highest BCUT2D eigenvalue weighted by molar-refractivity contribution is 5.59. The summed E-state index contributed by atoms with van der Waals surface area (Å²) in [5, 5.41) is 0. The van der Waals surface area contributed by atoms with E-state index in [-0.39, 0.29) is 0 Å². The molecule has 0 aromatic carbocycles. The molecule has 0 unspecified atom stereocenters. The summed E-state index contributed by atoms with van der Waals surface area (Å²) in [6.45, 7) is 0. The van der Waals surface area contributed by atoms with Crippen molar-refractivity contribution in [3.05, 3.63) is 30.4 Å². The van der Waals surface area contributed by atoms with Gasteiger partial charge in [0, 0.05) is 12.4 Å². The number of rotatable bonds is 1. The Hall–Kier alpha value is -1.18. The molecule has 1 aliphatic carbocycles. The molecular weight excluding hydrogens is 160 g/mol. The van der Waals surface area contributed by atoms with Gasteiger partial charge in [0.05, 0.1) is 0 Å². The Kier molecular flexibility index (Phi) is 2.70. The van der Waals surface area contributed by atoms with Crippen LogP contribution in [0.3, 0.4) is 0 Å². The Morgan fingerprint density at radius 3 is 2.69 bits per heavy atom. The fourth-order valence-corrected chi connectivity index (χ4v) is 1.68. The van der Waals surface area contributed by atoms with Crippen molar-refractivity contribution in [2.24, 2.45) is 0 Å². The van der Waals surface area contributed by atoms with Crippen LogP contribution in [0.1, 0.15) is 37.9 Å². The first kappa shape index (κ1) is 8.42. The SMILES string of the molecule is C1=C(c2ncccn2)CCCCC1. The van der Waals surface area contributed by atoms with E-state index in [1.807, 2.05) is 18.5 Å². The van der Waals surface area contributed by atoms with Crippen LogP contribution in [0, 0.1) is 0 Å². The predicted octanol–water partition coefficient (Wildman–Crippen LogP) is 2.82. The molecule has 2 heteroatoms. The van der Waals surface area contributed by atoms with Crippen LogP contribution in [0.15, 0.2) is 24.5 Å². The van der Waals surface area contributed by atoms with Crippen molar-refractivity contribution in [3.8, 4) is 0 Å². The van der Waals surface area contributed by atoms with E-state index in [4.69, 9.17) is 0 Å². The summed E-state index contributed by atoms with van der Waals surface area (Å²) in [7, 11) is 0. The van der Waals surface area contributed by atoms with Crippen LogP contribution in [0.25, 0.3) is 5.57 Å². The van der Waals surface area contributed by atoms with E-state index in [0.29, 0.717) is 0 Å². The molecule has 2 nitrogen and oxygen atoms in total. The smallest absolute Gasteiger partial charge is 0.154 e. The van der Waals surface area contributed by atoms with Gasteiger partial charge in [0.1, 0.15) is 0 Å². The monoisotopic (exact) mass is 174 g/mol. The summed E-state index contributed by atoms with van der Waals surface area (Å²) < 4.78 is 0. The Balaban J connectivity index is 2.19. The Labute approximate surface area is 78.7 Å². The molecule has 0 fully saturated rings. The van der Waals surface area contributed by atoms with Gasteiger partial charge in [-0.05, 0) is 37.3 Å². The lowest BCUT2D eigenvalue weighted by atomic mass is 10.1. The number of hydrogen-bond acceptors (Lipinski definition) is 2. The molecule has 0 atom stereocenters. The average molecular weight is 174 g/mol. The minimum atomic E-state index is 0.921. The third kappa shape index (κ3) is 2.14. The van der Waals surface area contributed by atoms with E-state index >= 15 is 0 Å². The number of hydrogen-bond donors (Lipinski definition) is 0. The minimum Gasteiger partial charge on any atom is -0.237 e. The molecule has 0 aliphatic heterocycles. The lowest BCUT2D eigenvalue weighted by Crippen LogP contribution is -1.91. The van der Waals surface area contributed by atoms with Crippen LogP contribution in [0.4, 0.5) is 0 Å². The molecule has 0 radical (unpaired) electrons. The second-order valence-corrected chi connectivity index (χ2v) is 3.40. The quantitative estimate of drug-likeness (QED) is 0.654. The zero-order valence-corrected chi connectivity index (χ0v) is 7.74. The molecule has 1 heterocycles. The van der Waals surface area contributed by atoms with Crippen LogP contribution in [0.5, 0.6) is 0 Å². The van der Waals surface area contributed by atoms with Crippen molar-refractivity contribution in [1.29, 1.82) is 0 Å². The molecule has 0 saturated heterocycles. The topological polar surface area (TPSA) is 25.8 Å². The average Bonchev–Trinajstić information content (AvgIpc) is 2.47. The van der Waals surface area contributed by atoms with Gasteiger partial charge in [0.15, 0.2) is 5.82 Å². The Morgan fingerprint density at radius 2 is 1.85 bits per heavy atom. The molecule has 0 saturated carbocycles. The number of nitrogens with zero attached hydrogens (tertiary/aromatic N) is 2. The summed E-state index contributed by atoms with van der Waals surface area (Å²) in [6, 6.07) is 1.86. The van der Waals surface area contributed by atoms with E-state index in [1.165, 1.54) is 31.3 Å². The maximum Gasteiger partial charge on any atom is 0.154 e. The van der Waals surface area contributed by atoms with E-state index in [0.717, 1.165) is 12.2 Å². The molecule has 0 amide bonds. The normalized spacial score (nSPS) is 17.7. The molecule has 1 aromatic rings. The van der Waals surface area contributed by atoms with Gasteiger partial charge in [-0.15, -0.1) is 0 Å². The zero-order chi connectivity index (χ0) is 8.93. The largest absolute Gasteiger partial charge is 0.237 e. The van der Waals surface area contributed by atoms with Gasteiger partial charge in [0.25, 0.3) is 0 Å². The van der Waals surface area contributed by atoms with Crippen molar-refractivity contribution < 1.29 is 0 Å². The van der Waals surface area contributed by atoms with Gasteiger partial charge in [-0.25, -0.2) is 9.97 Å². The lowest BCUT2D eigenvalue weighted by molar-refractivity contribution is 0.719. The fourth-order valence-electron chi connectivity index (χ4n) is 1.68. The van der Waals surface area contributed by atoms with Gasteiger partial charge < -0.3 is 0 Å². The van der Waals surface area contributed by atoms with E-state index < -0.39 is 0 Å². The van der Waals surface area contributed by atoms with Crippen molar-refractivity contribution in [1.82, 2.24) is 9.97 Å². The molecule has 0 bridgehead atoms. The molecule has 0 spiro atoms. The number of aromatic nitrogens is 2. The summed E-state index contributed by atoms with van der Waals surface area (Å²) >= 11 is 0. The highest BCUT2D eigenvalue weighted by Gasteiger charge is 2.06. The summed E-state index contributed by atoms with van der Waals surface area (Å²) in [5.74, 6) is 0.921. The summed E-state index contributed by atoms with van der Waals surface area (Å²) in [6.07, 6.45) is 12.2. The highest BCUT2D eigenvalue weighted by atomic mass is 14.9. The van der Waals surface area contributed by atoms with Gasteiger partial charge in [-0.3, -0.25) is 0 Å². The maximum atomic E-state index is 4.26. The first-order chi connectivity index (χ1) is 6.47. The maximum absolute atomic E-state index is 4.26. The van der Waals surface area contributed by atoms with E-state index in [2.05, 4.69) is 16.0 Å². The summed E-state index contributed by atoms with van der Waals surface area (Å²) in [5.41, 5.74) is 1.33. The van der Waals surface area contributed by atoms with Crippen molar-refractivity contribution >= 4 is 5.57 Å². The second-order valence-electron chi connectivity index (χ2n) is 3.40. The minimum absolute atomic E-state index is 0.921. The Bertz CT molecular complexity index is 290. The number of allylic oxidation sites excluding steroid dienone is 2. The molecular formula is C11H14N2. The van der Waals surface area contributed by atoms with E-state index in [1.54, 1.807) is 0 Å². The Morgan fingerprint density at radius 1 is 1.00 bits per heavy atom. The van der Waals surface area contributed by atoms with Gasteiger partial charge in [-0.2, -0.15) is 0 Å². The fraction of sp³-hybridized carbons (Fsp3) is 0.455. The van der Waals surface area contributed by atoms with Crippen molar-refractivity contribution in [3.63, 3.8) is 0 Å². The third-order valence-electron chi connectivity index (χ3n) is 2.39. The standard InChI is InChI=1S/C11H14N2/c1-2-4-7-10(6-3-1)11-12-8-5-9-13-11/h5-6,8-9H,1-4,7H2. The van der Waals surface area contributed by atoms with Crippen LogP contribution in [-0.2, 0) is 0 Å². The molecule has 1 aliphatic rings. The van der Waals surface area contributed by atoms with Gasteiger partial charge in [0.2, 0.25) is 0 Å². The van der Waals surface area contributed by atoms with Crippen molar-refractivity contribution in [2.45, 2.75) is 32.1 Å². The molecule has 68 valence electrons. The zero-order valence-electron chi connectivity index (χ0n) is 7.74. The third-order valence-corrected chi connectivity index (χ3v) is 2.39. The van der Waals surface area contributed by atoms with Crippen molar-refractivity contribution in [2.75, 3.05) is 0 Å². The highest BCUT2D eigenvalue weighted by Crippen LogP contribution is 2.22. The first-order valence-corrected chi connectivity index (χ1v) is 4.93. The molecule has 2 rings (SSSR count). The summed E-state index contributed by atoms with van der Waals surface area (Å²) in [4.78, 5) is 8.53. The second kappa shape index (κ2) is 4.17. The predicted molar refractivity (Wildman–Crippen MR) is 53.1 cm³/mol. The molecule has 1 aromatic heterocycles. The first-order valence-electron chi connectivity index (χ1n) is 4.93. The van der Waals surface area contributed by atoms with E-state index in [9.17, 15) is 0 Å². The van der Waals surface area contributed by atoms with Crippen LogP contribution < -0.4 is 0 Å². The van der Waals surface area contributed by atoms with Gasteiger partial charge >= 0.3 is 0 Å².